The molecule has 0 saturated carbocycles. The van der Waals surface area contributed by atoms with Crippen LogP contribution in [0.15, 0.2) is 30.5 Å². The smallest absolute Gasteiger partial charge is 0.147 e. The largest absolute Gasteiger partial charge is 0.361 e. The lowest BCUT2D eigenvalue weighted by molar-refractivity contribution is -0.118. The van der Waals surface area contributed by atoms with Crippen LogP contribution in [0.3, 0.4) is 0 Å². The zero-order valence-electron chi connectivity index (χ0n) is 13.6. The summed E-state index contributed by atoms with van der Waals surface area (Å²) in [6, 6.07) is 8.04. The van der Waals surface area contributed by atoms with Crippen molar-refractivity contribution < 1.29 is 4.79 Å². The number of rotatable bonds is 4. The Kier molecular flexibility index (Phi) is 9.39. The van der Waals surface area contributed by atoms with Crippen molar-refractivity contribution in [1.82, 2.24) is 10.3 Å². The van der Waals surface area contributed by atoms with Crippen LogP contribution in [-0.2, 0) is 11.2 Å². The van der Waals surface area contributed by atoms with Crippen molar-refractivity contribution >= 4 is 16.7 Å². The van der Waals surface area contributed by atoms with Gasteiger partial charge in [-0.3, -0.25) is 4.79 Å². The van der Waals surface area contributed by atoms with E-state index in [0.717, 1.165) is 11.9 Å². The fourth-order valence-corrected chi connectivity index (χ4v) is 1.97. The van der Waals surface area contributed by atoms with Gasteiger partial charge in [0.25, 0.3) is 0 Å². The molecule has 1 atom stereocenters. The van der Waals surface area contributed by atoms with Gasteiger partial charge in [0.2, 0.25) is 0 Å². The van der Waals surface area contributed by atoms with E-state index in [2.05, 4.69) is 16.4 Å². The van der Waals surface area contributed by atoms with Gasteiger partial charge in [0, 0.05) is 17.1 Å². The monoisotopic (exact) mass is 276 g/mol. The van der Waals surface area contributed by atoms with E-state index in [0.29, 0.717) is 0 Å². The fourth-order valence-electron chi connectivity index (χ4n) is 1.97. The molecule has 1 aromatic heterocycles. The minimum Gasteiger partial charge on any atom is -0.361 e. The molecule has 1 heterocycles. The Morgan fingerprint density at radius 3 is 2.35 bits per heavy atom. The third-order valence-electron chi connectivity index (χ3n) is 2.94. The van der Waals surface area contributed by atoms with Crippen LogP contribution >= 0.6 is 0 Å². The third kappa shape index (κ3) is 4.82. The van der Waals surface area contributed by atoms with E-state index in [9.17, 15) is 4.79 Å². The van der Waals surface area contributed by atoms with Crippen LogP contribution in [0.4, 0.5) is 0 Å². The Balaban J connectivity index is 0.000000829. The van der Waals surface area contributed by atoms with Crippen LogP contribution in [0.5, 0.6) is 0 Å². The van der Waals surface area contributed by atoms with E-state index in [-0.39, 0.29) is 11.8 Å². The highest BCUT2D eigenvalue weighted by Gasteiger charge is 2.14. The van der Waals surface area contributed by atoms with E-state index in [1.807, 2.05) is 59.1 Å². The summed E-state index contributed by atoms with van der Waals surface area (Å²) in [5.41, 5.74) is 2.31. The topological polar surface area (TPSA) is 44.9 Å². The predicted molar refractivity (Wildman–Crippen MR) is 88.2 cm³/mol. The number of Topliss-reactive ketones (excluding diaryl/α,β-unsaturated/α-hetero) is 1. The van der Waals surface area contributed by atoms with Gasteiger partial charge in [-0.25, -0.2) is 0 Å². The van der Waals surface area contributed by atoms with Gasteiger partial charge in [0.05, 0.1) is 6.04 Å². The van der Waals surface area contributed by atoms with Gasteiger partial charge < -0.3 is 10.3 Å². The summed E-state index contributed by atoms with van der Waals surface area (Å²) in [7, 11) is 1.82. The van der Waals surface area contributed by atoms with E-state index >= 15 is 0 Å². The van der Waals surface area contributed by atoms with Gasteiger partial charge in [0.1, 0.15) is 5.78 Å². The second-order valence-corrected chi connectivity index (χ2v) is 4.02. The highest BCUT2D eigenvalue weighted by Crippen LogP contribution is 2.19. The number of ketones is 1. The average Bonchev–Trinajstić information content (AvgIpc) is 2.91. The van der Waals surface area contributed by atoms with Crippen molar-refractivity contribution in [2.24, 2.45) is 0 Å². The Morgan fingerprint density at radius 2 is 1.80 bits per heavy atom. The fraction of sp³-hybridized carbons (Fsp3) is 0.471. The molecule has 20 heavy (non-hydrogen) atoms. The van der Waals surface area contributed by atoms with Crippen molar-refractivity contribution in [3.63, 3.8) is 0 Å². The van der Waals surface area contributed by atoms with E-state index < -0.39 is 0 Å². The number of likely N-dealkylation sites (N-methyl/N-ethyl adjacent to an activating group) is 1. The van der Waals surface area contributed by atoms with Gasteiger partial charge in [0.15, 0.2) is 0 Å². The number of carbonyl (C=O) groups excluding carboxylic acids is 1. The number of para-hydroxylation sites is 1. The molecule has 0 bridgehead atoms. The molecule has 0 spiro atoms. The molecular weight excluding hydrogens is 248 g/mol. The Hall–Kier alpha value is -1.61. The van der Waals surface area contributed by atoms with Gasteiger partial charge in [-0.1, -0.05) is 45.9 Å². The summed E-state index contributed by atoms with van der Waals surface area (Å²) in [5.74, 6) is 0.174. The van der Waals surface area contributed by atoms with Crippen molar-refractivity contribution in [3.8, 4) is 0 Å². The van der Waals surface area contributed by atoms with Crippen molar-refractivity contribution in [2.45, 2.75) is 47.1 Å². The number of fused-ring (bicyclic) bond motifs is 1. The number of H-pyrrole nitrogens is 1. The second kappa shape index (κ2) is 10.2. The number of hydrogen-bond acceptors (Lipinski definition) is 2. The predicted octanol–water partition coefficient (Wildman–Crippen LogP) is 3.94. The number of carbonyl (C=O) groups is 1. The molecular formula is C17H28N2O. The van der Waals surface area contributed by atoms with Crippen LogP contribution in [-0.4, -0.2) is 23.9 Å². The molecule has 0 aliphatic rings. The summed E-state index contributed by atoms with van der Waals surface area (Å²) >= 11 is 0. The maximum Gasteiger partial charge on any atom is 0.147 e. The van der Waals surface area contributed by atoms with Crippen LogP contribution in [0, 0.1) is 0 Å². The molecule has 0 aliphatic carbocycles. The second-order valence-electron chi connectivity index (χ2n) is 4.02. The van der Waals surface area contributed by atoms with Crippen molar-refractivity contribution in [2.75, 3.05) is 7.05 Å². The number of nitrogens with one attached hydrogen (secondary N) is 2. The third-order valence-corrected chi connectivity index (χ3v) is 2.94. The molecule has 1 aromatic carbocycles. The molecule has 2 N–H and O–H groups in total. The molecule has 0 saturated heterocycles. The first-order valence-corrected chi connectivity index (χ1v) is 7.45. The lowest BCUT2D eigenvalue weighted by Crippen LogP contribution is -2.34. The summed E-state index contributed by atoms with van der Waals surface area (Å²) in [6.07, 6.45) is 2.72. The zero-order chi connectivity index (χ0) is 15.5. The standard InChI is InChI=1S/C13H16N2O.2C2H6/c1-9(16)13(14-2)7-10-8-15-12-6-4-3-5-11(10)12;2*1-2/h3-6,8,13-15H,7H2,1-2H3;2*1-2H3. The molecule has 0 amide bonds. The molecule has 0 radical (unpaired) electrons. The van der Waals surface area contributed by atoms with Gasteiger partial charge in [-0.15, -0.1) is 0 Å². The Morgan fingerprint density at radius 1 is 1.20 bits per heavy atom. The summed E-state index contributed by atoms with van der Waals surface area (Å²) in [6.45, 7) is 9.62. The lowest BCUT2D eigenvalue weighted by Gasteiger charge is -2.11. The van der Waals surface area contributed by atoms with Crippen LogP contribution < -0.4 is 5.32 Å². The number of benzene rings is 1. The van der Waals surface area contributed by atoms with Crippen LogP contribution in [0.2, 0.25) is 0 Å². The lowest BCUT2D eigenvalue weighted by atomic mass is 10.0. The molecule has 3 heteroatoms. The normalized spacial score (nSPS) is 10.9. The number of aromatic nitrogens is 1. The highest BCUT2D eigenvalue weighted by atomic mass is 16.1. The van der Waals surface area contributed by atoms with Gasteiger partial charge in [-0.05, 0) is 32.0 Å². The summed E-state index contributed by atoms with van der Waals surface area (Å²) in [5, 5.41) is 4.24. The minimum atomic E-state index is -0.0980. The first-order valence-electron chi connectivity index (χ1n) is 7.45. The maximum absolute atomic E-state index is 11.4. The zero-order valence-corrected chi connectivity index (χ0v) is 13.6. The highest BCUT2D eigenvalue weighted by molar-refractivity contribution is 5.86. The number of aromatic amines is 1. The quantitative estimate of drug-likeness (QED) is 0.888. The molecule has 1 unspecified atom stereocenters. The first-order chi connectivity index (χ1) is 9.72. The van der Waals surface area contributed by atoms with Crippen molar-refractivity contribution in [1.29, 1.82) is 0 Å². The van der Waals surface area contributed by atoms with Crippen LogP contribution in [0.25, 0.3) is 10.9 Å². The minimum absolute atomic E-state index is 0.0980. The molecule has 2 rings (SSSR count). The molecule has 3 nitrogen and oxygen atoms in total. The molecule has 0 aliphatic heterocycles. The Bertz CT molecular complexity index is 502. The Labute approximate surface area is 122 Å². The van der Waals surface area contributed by atoms with Gasteiger partial charge in [-0.2, -0.15) is 0 Å². The van der Waals surface area contributed by atoms with Crippen LogP contribution in [0.1, 0.15) is 40.2 Å². The molecule has 0 fully saturated rings. The summed E-state index contributed by atoms with van der Waals surface area (Å²) in [4.78, 5) is 14.6. The maximum atomic E-state index is 11.4. The number of hydrogen-bond donors (Lipinski definition) is 2. The van der Waals surface area contributed by atoms with E-state index in [1.165, 1.54) is 10.9 Å². The SMILES string of the molecule is CC.CC.CNC(Cc1c[nH]c2ccccc12)C(C)=O. The molecule has 2 aromatic rings. The van der Waals surface area contributed by atoms with E-state index in [1.54, 1.807) is 6.92 Å². The van der Waals surface area contributed by atoms with Gasteiger partial charge >= 0.3 is 0 Å². The summed E-state index contributed by atoms with van der Waals surface area (Å²) < 4.78 is 0. The molecule has 112 valence electrons. The first kappa shape index (κ1) is 18.4. The van der Waals surface area contributed by atoms with E-state index in [4.69, 9.17) is 0 Å². The average molecular weight is 276 g/mol. The van der Waals surface area contributed by atoms with Crippen molar-refractivity contribution in [3.05, 3.63) is 36.0 Å².